The minimum atomic E-state index is -0.997. The fourth-order valence-corrected chi connectivity index (χ4v) is 6.16. The van der Waals surface area contributed by atoms with Crippen LogP contribution in [-0.4, -0.2) is 62.2 Å². The molecule has 2 saturated heterocycles. The molecule has 0 aromatic heterocycles. The lowest BCUT2D eigenvalue weighted by Crippen LogP contribution is -2.49. The first-order valence-electron chi connectivity index (χ1n) is 13.0. The highest BCUT2D eigenvalue weighted by Crippen LogP contribution is 2.51. The van der Waals surface area contributed by atoms with Gasteiger partial charge in [-0.3, -0.25) is 9.69 Å². The van der Waals surface area contributed by atoms with Crippen LogP contribution in [0.25, 0.3) is 0 Å². The zero-order valence-electron chi connectivity index (χ0n) is 21.9. The van der Waals surface area contributed by atoms with Gasteiger partial charge in [0.05, 0.1) is 12.1 Å². The van der Waals surface area contributed by atoms with Crippen molar-refractivity contribution >= 4 is 29.1 Å². The van der Waals surface area contributed by atoms with Crippen molar-refractivity contribution in [1.29, 1.82) is 5.26 Å². The molecule has 198 valence electrons. The molecule has 4 rings (SSSR count). The molecule has 1 amide bonds. The lowest BCUT2D eigenvalue weighted by Gasteiger charge is -2.37. The van der Waals surface area contributed by atoms with Crippen LogP contribution in [0.3, 0.4) is 0 Å². The van der Waals surface area contributed by atoms with Crippen LogP contribution in [0.15, 0.2) is 48.5 Å². The van der Waals surface area contributed by atoms with E-state index >= 15 is 0 Å². The van der Waals surface area contributed by atoms with Gasteiger partial charge in [-0.1, -0.05) is 68.2 Å². The first kappa shape index (κ1) is 27.9. The monoisotopic (exact) mass is 541 g/mol. The lowest BCUT2D eigenvalue weighted by atomic mass is 9.63. The van der Waals surface area contributed by atoms with Crippen molar-refractivity contribution in [3.63, 3.8) is 0 Å². The zero-order chi connectivity index (χ0) is 26.6. The number of benzene rings is 2. The molecular formula is C29H37Cl2N5O. The SMILES string of the molecule is CC(C)(C)CC1NC(C(=O)NCCN2CCNCC2)C(c2cccc(Cl)c2)C1(C#N)c1ccc(Cl)cc1. The summed E-state index contributed by atoms with van der Waals surface area (Å²) in [7, 11) is 0. The van der Waals surface area contributed by atoms with Crippen LogP contribution in [-0.2, 0) is 10.2 Å². The van der Waals surface area contributed by atoms with Crippen LogP contribution in [0.1, 0.15) is 44.2 Å². The highest BCUT2D eigenvalue weighted by atomic mass is 35.5. The molecule has 0 radical (unpaired) electrons. The van der Waals surface area contributed by atoms with Gasteiger partial charge in [0.1, 0.15) is 5.41 Å². The van der Waals surface area contributed by atoms with Crippen molar-refractivity contribution in [3.8, 4) is 6.07 Å². The Bertz CT molecular complexity index is 1120. The van der Waals surface area contributed by atoms with Crippen molar-refractivity contribution in [2.24, 2.45) is 5.41 Å². The van der Waals surface area contributed by atoms with Gasteiger partial charge in [-0.15, -0.1) is 0 Å². The summed E-state index contributed by atoms with van der Waals surface area (Å²) in [5, 5.41) is 22.3. The Kier molecular flexibility index (Phi) is 8.83. The number of nitrogens with zero attached hydrogens (tertiary/aromatic N) is 2. The van der Waals surface area contributed by atoms with Crippen molar-refractivity contribution < 1.29 is 4.79 Å². The van der Waals surface area contributed by atoms with E-state index in [0.29, 0.717) is 23.0 Å². The molecule has 2 fully saturated rings. The largest absolute Gasteiger partial charge is 0.353 e. The Morgan fingerprint density at radius 2 is 1.84 bits per heavy atom. The van der Waals surface area contributed by atoms with Crippen LogP contribution >= 0.6 is 23.2 Å². The summed E-state index contributed by atoms with van der Waals surface area (Å²) >= 11 is 12.7. The second-order valence-electron chi connectivity index (χ2n) is 11.4. The fraction of sp³-hybridized carbons (Fsp3) is 0.517. The van der Waals surface area contributed by atoms with E-state index in [9.17, 15) is 10.1 Å². The maximum absolute atomic E-state index is 13.8. The second-order valence-corrected chi connectivity index (χ2v) is 12.2. The Morgan fingerprint density at radius 3 is 2.46 bits per heavy atom. The molecule has 4 unspecified atom stereocenters. The Morgan fingerprint density at radius 1 is 1.14 bits per heavy atom. The number of nitrogens with one attached hydrogen (secondary N) is 3. The van der Waals surface area contributed by atoms with E-state index in [1.165, 1.54) is 0 Å². The summed E-state index contributed by atoms with van der Waals surface area (Å²) in [6, 6.07) is 16.9. The maximum Gasteiger partial charge on any atom is 0.237 e. The van der Waals surface area contributed by atoms with Crippen molar-refractivity contribution in [2.75, 3.05) is 39.3 Å². The molecule has 8 heteroatoms. The number of nitriles is 1. The molecule has 2 aliphatic heterocycles. The topological polar surface area (TPSA) is 80.2 Å². The smallest absolute Gasteiger partial charge is 0.237 e. The molecule has 0 bridgehead atoms. The van der Waals surface area contributed by atoms with Crippen LogP contribution in [0.2, 0.25) is 10.0 Å². The van der Waals surface area contributed by atoms with Crippen molar-refractivity contribution in [2.45, 2.75) is 50.6 Å². The predicted octanol–water partition coefficient (Wildman–Crippen LogP) is 4.34. The van der Waals surface area contributed by atoms with Crippen LogP contribution < -0.4 is 16.0 Å². The van der Waals surface area contributed by atoms with E-state index in [4.69, 9.17) is 23.2 Å². The lowest BCUT2D eigenvalue weighted by molar-refractivity contribution is -0.123. The van der Waals surface area contributed by atoms with Crippen molar-refractivity contribution in [3.05, 3.63) is 69.7 Å². The molecule has 2 aromatic carbocycles. The van der Waals surface area contributed by atoms with Gasteiger partial charge in [-0.2, -0.15) is 5.26 Å². The van der Waals surface area contributed by atoms with Gasteiger partial charge >= 0.3 is 0 Å². The van der Waals surface area contributed by atoms with Gasteiger partial charge < -0.3 is 16.0 Å². The summed E-state index contributed by atoms with van der Waals surface area (Å²) in [6.45, 7) is 11.7. The van der Waals surface area contributed by atoms with E-state index in [1.807, 2.05) is 48.5 Å². The first-order chi connectivity index (χ1) is 17.6. The van der Waals surface area contributed by atoms with Gasteiger partial charge in [0, 0.05) is 61.3 Å². The minimum Gasteiger partial charge on any atom is -0.353 e. The number of rotatable bonds is 7. The molecule has 2 aliphatic rings. The molecule has 0 spiro atoms. The molecule has 3 N–H and O–H groups in total. The number of amides is 1. The van der Waals surface area contributed by atoms with Gasteiger partial charge in [0.2, 0.25) is 5.91 Å². The molecule has 2 aromatic rings. The van der Waals surface area contributed by atoms with Gasteiger partial charge in [-0.05, 0) is 47.2 Å². The second kappa shape index (κ2) is 11.7. The summed E-state index contributed by atoms with van der Waals surface area (Å²) < 4.78 is 0. The summed E-state index contributed by atoms with van der Waals surface area (Å²) in [6.07, 6.45) is 0.713. The minimum absolute atomic E-state index is 0.0707. The Hall–Kier alpha value is -2.14. The van der Waals surface area contributed by atoms with Crippen LogP contribution in [0.5, 0.6) is 0 Å². The quantitative estimate of drug-likeness (QED) is 0.485. The highest BCUT2D eigenvalue weighted by Gasteiger charge is 2.59. The number of carbonyl (C=O) groups excluding carboxylic acids is 1. The molecule has 6 nitrogen and oxygen atoms in total. The highest BCUT2D eigenvalue weighted by molar-refractivity contribution is 6.30. The third-order valence-corrected chi connectivity index (χ3v) is 7.99. The van der Waals surface area contributed by atoms with E-state index < -0.39 is 17.4 Å². The van der Waals surface area contributed by atoms with Gasteiger partial charge in [0.25, 0.3) is 0 Å². The Labute approximate surface area is 230 Å². The predicted molar refractivity (Wildman–Crippen MR) is 150 cm³/mol. The van der Waals surface area contributed by atoms with Crippen LogP contribution in [0.4, 0.5) is 0 Å². The average molecular weight is 543 g/mol. The summed E-state index contributed by atoms with van der Waals surface area (Å²) in [5.74, 6) is -0.533. The fourth-order valence-electron chi connectivity index (χ4n) is 5.84. The third-order valence-electron chi connectivity index (χ3n) is 7.50. The molecule has 0 saturated carbocycles. The van der Waals surface area contributed by atoms with E-state index in [0.717, 1.165) is 43.9 Å². The normalized spacial score (nSPS) is 26.5. The molecular weight excluding hydrogens is 505 g/mol. The van der Waals surface area contributed by atoms with Gasteiger partial charge in [-0.25, -0.2) is 0 Å². The summed E-state index contributed by atoms with van der Waals surface area (Å²) in [5.41, 5.74) is 0.652. The third kappa shape index (κ3) is 6.30. The number of hydrogen-bond acceptors (Lipinski definition) is 5. The van der Waals surface area contributed by atoms with E-state index in [1.54, 1.807) is 0 Å². The average Bonchev–Trinajstić information content (AvgIpc) is 3.18. The maximum atomic E-state index is 13.8. The standard InChI is InChI=1S/C29H37Cl2N5O/c1-28(2,3)18-24-29(19-32,21-7-9-22(30)10-8-21)25(20-5-4-6-23(31)17-20)26(35-24)27(37)34-13-16-36-14-11-33-12-15-36/h4-10,17,24-26,33,35H,11-16,18H2,1-3H3,(H,34,37). The Balaban J connectivity index is 1.73. The molecule has 0 aliphatic carbocycles. The van der Waals surface area contributed by atoms with Crippen molar-refractivity contribution in [1.82, 2.24) is 20.9 Å². The number of piperazine rings is 1. The first-order valence-corrected chi connectivity index (χ1v) is 13.8. The van der Waals surface area contributed by atoms with E-state index in [-0.39, 0.29) is 17.4 Å². The number of carbonyl (C=O) groups is 1. The molecule has 2 heterocycles. The number of hydrogen-bond donors (Lipinski definition) is 3. The number of halogens is 2. The molecule has 37 heavy (non-hydrogen) atoms. The van der Waals surface area contributed by atoms with E-state index in [2.05, 4.69) is 47.7 Å². The molecule has 4 atom stereocenters. The van der Waals surface area contributed by atoms with Gasteiger partial charge in [0.15, 0.2) is 0 Å². The summed E-state index contributed by atoms with van der Waals surface area (Å²) in [4.78, 5) is 16.1. The zero-order valence-corrected chi connectivity index (χ0v) is 23.4. The van der Waals surface area contributed by atoms with Crippen LogP contribution in [0, 0.1) is 16.7 Å².